The van der Waals surface area contributed by atoms with Crippen LogP contribution in [0.1, 0.15) is 26.2 Å². The van der Waals surface area contributed by atoms with Gasteiger partial charge in [-0.2, -0.15) is 0 Å². The van der Waals surface area contributed by atoms with Gasteiger partial charge >= 0.3 is 0 Å². The number of hydrogen-bond donors (Lipinski definition) is 1. The zero-order valence-electron chi connectivity index (χ0n) is 8.91. The molecule has 1 fully saturated rings. The third kappa shape index (κ3) is 4.07. The van der Waals surface area contributed by atoms with E-state index in [4.69, 9.17) is 10.5 Å². The summed E-state index contributed by atoms with van der Waals surface area (Å²) in [7, 11) is -0.727. The Morgan fingerprint density at radius 2 is 2.43 bits per heavy atom. The second-order valence-electron chi connectivity index (χ2n) is 3.95. The molecular weight excluding hydrogens is 198 g/mol. The molecule has 14 heavy (non-hydrogen) atoms. The zero-order chi connectivity index (χ0) is 10.4. The molecule has 0 radical (unpaired) electrons. The molecule has 3 atom stereocenters. The molecule has 0 aromatic rings. The van der Waals surface area contributed by atoms with Crippen LogP contribution in [0, 0.1) is 5.92 Å². The van der Waals surface area contributed by atoms with Gasteiger partial charge in [0, 0.05) is 40.9 Å². The highest BCUT2D eigenvalue weighted by Crippen LogP contribution is 2.16. The van der Waals surface area contributed by atoms with E-state index in [1.165, 1.54) is 0 Å². The number of ether oxygens (including phenoxy) is 1. The smallest absolute Gasteiger partial charge is 0.0510 e. The normalized spacial score (nSPS) is 26.3. The average Bonchev–Trinajstić information content (AvgIpc) is 2.67. The molecule has 1 saturated heterocycles. The molecule has 4 heteroatoms. The van der Waals surface area contributed by atoms with Crippen molar-refractivity contribution < 1.29 is 8.95 Å². The first-order valence-electron chi connectivity index (χ1n) is 5.42. The summed E-state index contributed by atoms with van der Waals surface area (Å²) in [6, 6.07) is 0.0650. The standard InChI is InChI=1S/C10H21NO2S/c1-2-3-6-14(12)8-10(11)9-4-5-13-7-9/h9-10H,2-8,11H2,1H3. The van der Waals surface area contributed by atoms with Crippen molar-refractivity contribution in [3.05, 3.63) is 0 Å². The highest BCUT2D eigenvalue weighted by molar-refractivity contribution is 7.85. The topological polar surface area (TPSA) is 52.3 Å². The minimum absolute atomic E-state index is 0.0650. The van der Waals surface area contributed by atoms with E-state index in [9.17, 15) is 4.21 Å². The fourth-order valence-corrected chi connectivity index (χ4v) is 3.11. The van der Waals surface area contributed by atoms with Crippen molar-refractivity contribution in [2.45, 2.75) is 32.2 Å². The van der Waals surface area contributed by atoms with Crippen molar-refractivity contribution in [3.8, 4) is 0 Å². The Labute approximate surface area is 88.8 Å². The van der Waals surface area contributed by atoms with Crippen molar-refractivity contribution in [1.29, 1.82) is 0 Å². The maximum absolute atomic E-state index is 11.6. The maximum Gasteiger partial charge on any atom is 0.0510 e. The molecule has 0 amide bonds. The molecule has 1 aliphatic heterocycles. The summed E-state index contributed by atoms with van der Waals surface area (Å²) in [6.07, 6.45) is 3.18. The van der Waals surface area contributed by atoms with Crippen molar-refractivity contribution in [2.24, 2.45) is 11.7 Å². The Balaban J connectivity index is 2.18. The summed E-state index contributed by atoms with van der Waals surface area (Å²) in [5, 5.41) is 0. The quantitative estimate of drug-likeness (QED) is 0.722. The van der Waals surface area contributed by atoms with Crippen molar-refractivity contribution in [2.75, 3.05) is 24.7 Å². The van der Waals surface area contributed by atoms with Crippen LogP contribution in [0.4, 0.5) is 0 Å². The predicted molar refractivity (Wildman–Crippen MR) is 59.7 cm³/mol. The first kappa shape index (κ1) is 12.1. The average molecular weight is 219 g/mol. The molecule has 2 N–H and O–H groups in total. The van der Waals surface area contributed by atoms with Gasteiger partial charge in [-0.3, -0.25) is 4.21 Å². The second-order valence-corrected chi connectivity index (χ2v) is 5.57. The number of rotatable bonds is 6. The lowest BCUT2D eigenvalue weighted by Gasteiger charge is -2.16. The molecular formula is C10H21NO2S. The minimum atomic E-state index is -0.727. The summed E-state index contributed by atoms with van der Waals surface area (Å²) in [5.74, 6) is 1.88. The molecule has 0 spiro atoms. The second kappa shape index (κ2) is 6.53. The Morgan fingerprint density at radius 3 is 3.00 bits per heavy atom. The van der Waals surface area contributed by atoms with Crippen LogP contribution in [0.3, 0.4) is 0 Å². The molecule has 0 aromatic carbocycles. The van der Waals surface area contributed by atoms with E-state index in [0.717, 1.165) is 38.2 Å². The summed E-state index contributed by atoms with van der Waals surface area (Å²) in [6.45, 7) is 3.69. The summed E-state index contributed by atoms with van der Waals surface area (Å²) in [4.78, 5) is 0. The van der Waals surface area contributed by atoms with Crippen LogP contribution < -0.4 is 5.73 Å². The highest BCUT2D eigenvalue weighted by atomic mass is 32.2. The summed E-state index contributed by atoms with van der Waals surface area (Å²) < 4.78 is 16.8. The fraction of sp³-hybridized carbons (Fsp3) is 1.00. The van der Waals surface area contributed by atoms with Crippen LogP contribution in [-0.4, -0.2) is 35.0 Å². The van der Waals surface area contributed by atoms with Gasteiger partial charge in [0.1, 0.15) is 0 Å². The lowest BCUT2D eigenvalue weighted by molar-refractivity contribution is 0.182. The third-order valence-electron chi connectivity index (χ3n) is 2.67. The van der Waals surface area contributed by atoms with E-state index in [0.29, 0.717) is 11.7 Å². The van der Waals surface area contributed by atoms with Gasteiger partial charge in [0.2, 0.25) is 0 Å². The van der Waals surface area contributed by atoms with Crippen LogP contribution in [0.2, 0.25) is 0 Å². The van der Waals surface area contributed by atoms with E-state index in [2.05, 4.69) is 6.92 Å². The van der Waals surface area contributed by atoms with Crippen LogP contribution in [0.25, 0.3) is 0 Å². The summed E-state index contributed by atoms with van der Waals surface area (Å²) >= 11 is 0. The molecule has 1 rings (SSSR count). The van der Waals surface area contributed by atoms with Crippen LogP contribution in [-0.2, 0) is 15.5 Å². The molecule has 0 saturated carbocycles. The summed E-state index contributed by atoms with van der Waals surface area (Å²) in [5.41, 5.74) is 5.98. The van der Waals surface area contributed by atoms with Gasteiger partial charge < -0.3 is 10.5 Å². The molecule has 84 valence electrons. The van der Waals surface area contributed by atoms with Gasteiger partial charge in [-0.1, -0.05) is 13.3 Å². The van der Waals surface area contributed by atoms with Gasteiger partial charge in [-0.05, 0) is 12.8 Å². The highest BCUT2D eigenvalue weighted by Gasteiger charge is 2.23. The van der Waals surface area contributed by atoms with E-state index < -0.39 is 10.8 Å². The Hall–Kier alpha value is 0.0700. The lowest BCUT2D eigenvalue weighted by Crippen LogP contribution is -2.36. The van der Waals surface area contributed by atoms with Crippen LogP contribution in [0.5, 0.6) is 0 Å². The van der Waals surface area contributed by atoms with Gasteiger partial charge in [0.15, 0.2) is 0 Å². The molecule has 1 aliphatic rings. The van der Waals surface area contributed by atoms with Gasteiger partial charge in [0.05, 0.1) is 6.61 Å². The van der Waals surface area contributed by atoms with Gasteiger partial charge in [0.25, 0.3) is 0 Å². The number of hydrogen-bond acceptors (Lipinski definition) is 3. The number of unbranched alkanes of at least 4 members (excludes halogenated alkanes) is 1. The van der Waals surface area contributed by atoms with E-state index >= 15 is 0 Å². The van der Waals surface area contributed by atoms with Gasteiger partial charge in [-0.25, -0.2) is 0 Å². The predicted octanol–water partition coefficient (Wildman–Crippen LogP) is 0.899. The van der Waals surface area contributed by atoms with Crippen molar-refractivity contribution in [1.82, 2.24) is 0 Å². The third-order valence-corrected chi connectivity index (χ3v) is 4.18. The molecule has 0 aromatic heterocycles. The van der Waals surface area contributed by atoms with Crippen molar-refractivity contribution >= 4 is 10.8 Å². The number of nitrogens with two attached hydrogens (primary N) is 1. The first-order chi connectivity index (χ1) is 6.74. The molecule has 1 heterocycles. The monoisotopic (exact) mass is 219 g/mol. The maximum atomic E-state index is 11.6. The largest absolute Gasteiger partial charge is 0.381 e. The minimum Gasteiger partial charge on any atom is -0.381 e. The Kier molecular flexibility index (Phi) is 5.67. The van der Waals surface area contributed by atoms with Crippen LogP contribution >= 0.6 is 0 Å². The van der Waals surface area contributed by atoms with E-state index in [-0.39, 0.29) is 6.04 Å². The molecule has 3 unspecified atom stereocenters. The van der Waals surface area contributed by atoms with E-state index in [1.54, 1.807) is 0 Å². The van der Waals surface area contributed by atoms with E-state index in [1.807, 2.05) is 0 Å². The van der Waals surface area contributed by atoms with Gasteiger partial charge in [-0.15, -0.1) is 0 Å². The fourth-order valence-electron chi connectivity index (χ4n) is 1.63. The lowest BCUT2D eigenvalue weighted by atomic mass is 10.0. The van der Waals surface area contributed by atoms with Crippen LogP contribution in [0.15, 0.2) is 0 Å². The molecule has 0 bridgehead atoms. The molecule has 3 nitrogen and oxygen atoms in total. The van der Waals surface area contributed by atoms with Crippen molar-refractivity contribution in [3.63, 3.8) is 0 Å². The molecule has 0 aliphatic carbocycles. The Morgan fingerprint density at radius 1 is 1.64 bits per heavy atom. The zero-order valence-corrected chi connectivity index (χ0v) is 9.72. The Bertz CT molecular complexity index is 181. The first-order valence-corrected chi connectivity index (χ1v) is 6.91. The SMILES string of the molecule is CCCCS(=O)CC(N)C1CCOC1.